The maximum atomic E-state index is 6.35. The average Bonchev–Trinajstić information content (AvgIpc) is 3.19. The molecular formula is C21H21N7O. The van der Waals surface area contributed by atoms with Crippen LogP contribution in [-0.4, -0.2) is 28.9 Å². The monoisotopic (exact) mass is 387 g/mol. The molecule has 8 nitrogen and oxygen atoms in total. The van der Waals surface area contributed by atoms with Crippen molar-refractivity contribution in [2.45, 2.75) is 12.8 Å². The second-order valence-corrected chi connectivity index (χ2v) is 7.17. The van der Waals surface area contributed by atoms with E-state index in [1.165, 1.54) is 0 Å². The van der Waals surface area contributed by atoms with E-state index in [1.54, 1.807) is 0 Å². The van der Waals surface area contributed by atoms with Crippen molar-refractivity contribution in [3.05, 3.63) is 48.0 Å². The highest BCUT2D eigenvalue weighted by molar-refractivity contribution is 6.07. The quantitative estimate of drug-likeness (QED) is 0.576. The third-order valence-electron chi connectivity index (χ3n) is 5.17. The van der Waals surface area contributed by atoms with Crippen molar-refractivity contribution in [1.82, 2.24) is 9.97 Å². The molecule has 146 valence electrons. The van der Waals surface area contributed by atoms with Crippen LogP contribution in [0.1, 0.15) is 18.4 Å². The van der Waals surface area contributed by atoms with Gasteiger partial charge in [-0.2, -0.15) is 4.98 Å². The molecule has 0 radical (unpaired) electrons. The molecule has 6 N–H and O–H groups in total. The Bertz CT molecular complexity index is 1140. The molecule has 1 fully saturated rings. The molecule has 0 unspecified atom stereocenters. The fourth-order valence-corrected chi connectivity index (χ4v) is 3.79. The van der Waals surface area contributed by atoms with Gasteiger partial charge < -0.3 is 26.8 Å². The summed E-state index contributed by atoms with van der Waals surface area (Å²) < 4.78 is 6.12. The molecule has 0 spiro atoms. The van der Waals surface area contributed by atoms with Gasteiger partial charge in [-0.05, 0) is 37.1 Å². The zero-order valence-corrected chi connectivity index (χ0v) is 15.8. The molecule has 8 heteroatoms. The number of fused-ring (bicyclic) bond motifs is 2. The highest BCUT2D eigenvalue weighted by Gasteiger charge is 2.22. The minimum atomic E-state index is 0.227. The van der Waals surface area contributed by atoms with Crippen LogP contribution in [0.4, 0.5) is 23.1 Å². The van der Waals surface area contributed by atoms with Gasteiger partial charge in [0.15, 0.2) is 5.75 Å². The third-order valence-corrected chi connectivity index (χ3v) is 5.17. The van der Waals surface area contributed by atoms with E-state index < -0.39 is 0 Å². The number of rotatable bonds is 2. The minimum Gasteiger partial charge on any atom is -0.454 e. The van der Waals surface area contributed by atoms with Gasteiger partial charge in [0.05, 0.1) is 11.3 Å². The van der Waals surface area contributed by atoms with Crippen molar-refractivity contribution in [1.29, 1.82) is 0 Å². The molecule has 0 amide bonds. The maximum absolute atomic E-state index is 6.35. The van der Waals surface area contributed by atoms with Crippen molar-refractivity contribution in [2.24, 2.45) is 10.7 Å². The van der Waals surface area contributed by atoms with Crippen molar-refractivity contribution in [2.75, 3.05) is 29.5 Å². The van der Waals surface area contributed by atoms with E-state index in [0.717, 1.165) is 37.3 Å². The smallest absolute Gasteiger partial charge is 0.222 e. The second-order valence-electron chi connectivity index (χ2n) is 7.17. The molecule has 5 rings (SSSR count). The van der Waals surface area contributed by atoms with Crippen LogP contribution in [0.2, 0.25) is 0 Å². The third kappa shape index (κ3) is 3.08. The molecule has 2 aliphatic rings. The first-order valence-electron chi connectivity index (χ1n) is 9.53. The summed E-state index contributed by atoms with van der Waals surface area (Å²) in [6.07, 6.45) is 2.30. The van der Waals surface area contributed by atoms with E-state index in [0.29, 0.717) is 40.0 Å². The predicted octanol–water partition coefficient (Wildman–Crippen LogP) is 3.05. The van der Waals surface area contributed by atoms with E-state index in [2.05, 4.69) is 19.9 Å². The van der Waals surface area contributed by atoms with Gasteiger partial charge in [-0.25, -0.2) is 9.98 Å². The lowest BCUT2D eigenvalue weighted by molar-refractivity contribution is 0.485. The SMILES string of the molecule is NC1=Nc2ccccc2Oc2cc(-c3cc(N4CCCC4)nc(N)n3)cc(N)c21. The van der Waals surface area contributed by atoms with Gasteiger partial charge in [-0.1, -0.05) is 12.1 Å². The lowest BCUT2D eigenvalue weighted by Gasteiger charge is -2.18. The fourth-order valence-electron chi connectivity index (χ4n) is 3.79. The van der Waals surface area contributed by atoms with Crippen LogP contribution >= 0.6 is 0 Å². The molecule has 1 aromatic heterocycles. The number of nitrogens with two attached hydrogens (primary N) is 3. The summed E-state index contributed by atoms with van der Waals surface area (Å²) in [4.78, 5) is 15.5. The number of hydrogen-bond acceptors (Lipinski definition) is 8. The van der Waals surface area contributed by atoms with E-state index in [-0.39, 0.29) is 5.95 Å². The fraction of sp³-hybridized carbons (Fsp3) is 0.190. The summed E-state index contributed by atoms with van der Waals surface area (Å²) >= 11 is 0. The number of benzene rings is 2. The largest absolute Gasteiger partial charge is 0.454 e. The number of aromatic nitrogens is 2. The van der Waals surface area contributed by atoms with Crippen LogP contribution in [0, 0.1) is 0 Å². The first-order chi connectivity index (χ1) is 14.1. The normalized spacial score (nSPS) is 15.2. The van der Waals surface area contributed by atoms with Gasteiger partial charge >= 0.3 is 0 Å². The number of aliphatic imine (C=N–C) groups is 1. The number of para-hydroxylation sites is 2. The van der Waals surface area contributed by atoms with E-state index in [4.69, 9.17) is 21.9 Å². The molecule has 0 atom stereocenters. The molecule has 2 aromatic carbocycles. The van der Waals surface area contributed by atoms with Gasteiger partial charge in [0.25, 0.3) is 0 Å². The van der Waals surface area contributed by atoms with Crippen LogP contribution in [0.25, 0.3) is 11.3 Å². The Labute approximate surface area is 168 Å². The Morgan fingerprint density at radius 2 is 1.69 bits per heavy atom. The summed E-state index contributed by atoms with van der Waals surface area (Å²) in [7, 11) is 0. The molecule has 2 aliphatic heterocycles. The molecule has 3 heterocycles. The molecule has 0 aliphatic carbocycles. The van der Waals surface area contributed by atoms with Gasteiger partial charge in [-0.15, -0.1) is 0 Å². The Kier molecular flexibility index (Phi) is 3.97. The second kappa shape index (κ2) is 6.66. The summed E-state index contributed by atoms with van der Waals surface area (Å²) in [5, 5.41) is 0. The lowest BCUT2D eigenvalue weighted by Crippen LogP contribution is -2.20. The van der Waals surface area contributed by atoms with Crippen LogP contribution in [0.5, 0.6) is 11.5 Å². The van der Waals surface area contributed by atoms with E-state index in [9.17, 15) is 0 Å². The molecular weight excluding hydrogens is 366 g/mol. The van der Waals surface area contributed by atoms with Gasteiger partial charge in [0, 0.05) is 30.4 Å². The number of hydrogen-bond donors (Lipinski definition) is 3. The number of nitrogens with zero attached hydrogens (tertiary/aromatic N) is 4. The summed E-state index contributed by atoms with van der Waals surface area (Å²) in [6.45, 7) is 1.93. The van der Waals surface area contributed by atoms with Crippen molar-refractivity contribution in [3.63, 3.8) is 0 Å². The summed E-state index contributed by atoms with van der Waals surface area (Å²) in [5.41, 5.74) is 21.7. The number of nitrogen functional groups attached to an aromatic ring is 2. The van der Waals surface area contributed by atoms with Gasteiger partial charge in [0.1, 0.15) is 23.1 Å². The van der Waals surface area contributed by atoms with Crippen LogP contribution in [-0.2, 0) is 0 Å². The Morgan fingerprint density at radius 1 is 0.897 bits per heavy atom. The lowest BCUT2D eigenvalue weighted by atomic mass is 10.0. The molecule has 0 bridgehead atoms. The van der Waals surface area contributed by atoms with Crippen molar-refractivity contribution < 1.29 is 4.74 Å². The Balaban J connectivity index is 1.62. The highest BCUT2D eigenvalue weighted by atomic mass is 16.5. The van der Waals surface area contributed by atoms with E-state index in [1.807, 2.05) is 42.5 Å². The van der Waals surface area contributed by atoms with E-state index >= 15 is 0 Å². The number of anilines is 3. The highest BCUT2D eigenvalue weighted by Crippen LogP contribution is 2.41. The Morgan fingerprint density at radius 3 is 2.52 bits per heavy atom. The summed E-state index contributed by atoms with van der Waals surface area (Å²) in [5.74, 6) is 2.52. The maximum Gasteiger partial charge on any atom is 0.222 e. The molecule has 1 saturated heterocycles. The van der Waals surface area contributed by atoms with Gasteiger partial charge in [-0.3, -0.25) is 0 Å². The van der Waals surface area contributed by atoms with Gasteiger partial charge in [0.2, 0.25) is 5.95 Å². The van der Waals surface area contributed by atoms with Crippen molar-refractivity contribution in [3.8, 4) is 22.8 Å². The van der Waals surface area contributed by atoms with Crippen LogP contribution in [0.15, 0.2) is 47.5 Å². The standard InChI is InChI=1S/C21H21N7O/c22-13-9-12(15-11-18(27-21(24)26-15)28-7-3-4-8-28)10-17-19(13)20(23)25-14-5-1-2-6-16(14)29-17/h1-2,5-6,9-11H,3-4,7-8,22H2,(H2,23,25)(H2,24,26,27). The zero-order chi connectivity index (χ0) is 20.0. The first kappa shape index (κ1) is 17.3. The van der Waals surface area contributed by atoms with Crippen LogP contribution in [0.3, 0.4) is 0 Å². The Hall–Kier alpha value is -3.81. The zero-order valence-electron chi connectivity index (χ0n) is 15.8. The van der Waals surface area contributed by atoms with Crippen molar-refractivity contribution >= 4 is 29.0 Å². The number of ether oxygens (including phenoxy) is 1. The molecule has 0 saturated carbocycles. The topological polar surface area (TPSA) is 129 Å². The first-order valence-corrected chi connectivity index (χ1v) is 9.53. The molecule has 29 heavy (non-hydrogen) atoms. The molecule has 3 aromatic rings. The minimum absolute atomic E-state index is 0.227. The van der Waals surface area contributed by atoms with Crippen LogP contribution < -0.4 is 26.8 Å². The average molecular weight is 387 g/mol. The summed E-state index contributed by atoms with van der Waals surface area (Å²) in [6, 6.07) is 13.1. The number of amidine groups is 1. The predicted molar refractivity (Wildman–Crippen MR) is 115 cm³/mol.